The third-order valence-electron chi connectivity index (χ3n) is 7.38. The normalized spacial score (nSPS) is 11.0. The SMILES string of the molecule is C=C/C=C/COc1ccc(N(c2ccc(OC/C=C/C=C)cc2)c2ccc(N(c3ccc(C)cc3)c3ccc(C)cc3)cc2)cc1. The average molecular weight is 605 g/mol. The topological polar surface area (TPSA) is 24.9 Å². The molecular weight excluding hydrogens is 564 g/mol. The van der Waals surface area contributed by atoms with E-state index in [0.717, 1.165) is 45.6 Å². The van der Waals surface area contributed by atoms with Crippen LogP contribution < -0.4 is 19.3 Å². The predicted octanol–water partition coefficient (Wildman–Crippen LogP) is 11.5. The zero-order valence-electron chi connectivity index (χ0n) is 26.6. The van der Waals surface area contributed by atoms with Crippen LogP contribution in [0.1, 0.15) is 11.1 Å². The van der Waals surface area contributed by atoms with Crippen molar-refractivity contribution in [2.75, 3.05) is 23.0 Å². The lowest BCUT2D eigenvalue weighted by Crippen LogP contribution is -2.12. The van der Waals surface area contributed by atoms with Gasteiger partial charge in [-0.25, -0.2) is 0 Å². The molecule has 0 unspecified atom stereocenters. The molecule has 230 valence electrons. The Kier molecular flexibility index (Phi) is 10.9. The molecule has 0 aromatic heterocycles. The van der Waals surface area contributed by atoms with E-state index in [-0.39, 0.29) is 0 Å². The number of hydrogen-bond donors (Lipinski definition) is 0. The minimum atomic E-state index is 0.485. The molecule has 4 heteroatoms. The summed E-state index contributed by atoms with van der Waals surface area (Å²) < 4.78 is 11.8. The molecule has 46 heavy (non-hydrogen) atoms. The Morgan fingerprint density at radius 2 is 0.696 bits per heavy atom. The maximum absolute atomic E-state index is 5.88. The first kappa shape index (κ1) is 31.7. The van der Waals surface area contributed by atoms with Crippen molar-refractivity contribution in [1.29, 1.82) is 0 Å². The van der Waals surface area contributed by atoms with Crippen molar-refractivity contribution in [3.05, 3.63) is 182 Å². The van der Waals surface area contributed by atoms with Gasteiger partial charge in [0.1, 0.15) is 24.7 Å². The van der Waals surface area contributed by atoms with Gasteiger partial charge in [-0.3, -0.25) is 0 Å². The van der Waals surface area contributed by atoms with Crippen molar-refractivity contribution in [2.24, 2.45) is 0 Å². The Morgan fingerprint density at radius 1 is 0.435 bits per heavy atom. The third kappa shape index (κ3) is 8.25. The summed E-state index contributed by atoms with van der Waals surface area (Å²) >= 11 is 0. The Balaban J connectivity index is 1.49. The summed E-state index contributed by atoms with van der Waals surface area (Å²) in [4.78, 5) is 4.52. The summed E-state index contributed by atoms with van der Waals surface area (Å²) in [6.45, 7) is 12.6. The van der Waals surface area contributed by atoms with E-state index in [1.54, 1.807) is 12.2 Å². The molecule has 4 nitrogen and oxygen atoms in total. The zero-order chi connectivity index (χ0) is 32.1. The first-order chi connectivity index (χ1) is 22.6. The molecule has 5 rings (SSSR count). The second-order valence-electron chi connectivity index (χ2n) is 10.8. The van der Waals surface area contributed by atoms with Crippen LogP contribution in [0.3, 0.4) is 0 Å². The number of aryl methyl sites for hydroxylation is 2. The van der Waals surface area contributed by atoms with Crippen molar-refractivity contribution in [3.63, 3.8) is 0 Å². The highest BCUT2D eigenvalue weighted by molar-refractivity contribution is 5.81. The maximum atomic E-state index is 5.88. The third-order valence-corrected chi connectivity index (χ3v) is 7.38. The lowest BCUT2D eigenvalue weighted by atomic mass is 10.1. The van der Waals surface area contributed by atoms with Crippen LogP contribution in [-0.4, -0.2) is 13.2 Å². The molecule has 0 aliphatic carbocycles. The van der Waals surface area contributed by atoms with Gasteiger partial charge in [0.25, 0.3) is 0 Å². The fourth-order valence-corrected chi connectivity index (χ4v) is 5.01. The molecule has 0 radical (unpaired) electrons. The number of benzene rings is 5. The van der Waals surface area contributed by atoms with Crippen molar-refractivity contribution in [3.8, 4) is 11.5 Å². The van der Waals surface area contributed by atoms with E-state index in [9.17, 15) is 0 Å². The Hall–Kier alpha value is -5.74. The van der Waals surface area contributed by atoms with Crippen molar-refractivity contribution < 1.29 is 9.47 Å². The second-order valence-corrected chi connectivity index (χ2v) is 10.8. The Labute approximate surface area is 273 Å². The first-order valence-corrected chi connectivity index (χ1v) is 15.4. The van der Waals surface area contributed by atoms with Gasteiger partial charge in [-0.1, -0.05) is 72.9 Å². The highest BCUT2D eigenvalue weighted by atomic mass is 16.5. The maximum Gasteiger partial charge on any atom is 0.119 e. The van der Waals surface area contributed by atoms with Crippen LogP contribution in [0.25, 0.3) is 0 Å². The van der Waals surface area contributed by atoms with E-state index in [4.69, 9.17) is 9.47 Å². The summed E-state index contributed by atoms with van der Waals surface area (Å²) in [6.07, 6.45) is 11.1. The predicted molar refractivity (Wildman–Crippen MR) is 195 cm³/mol. The van der Waals surface area contributed by atoms with E-state index in [2.05, 4.69) is 134 Å². The van der Waals surface area contributed by atoms with E-state index in [1.165, 1.54) is 11.1 Å². The standard InChI is InChI=1S/C42H40N2O2/c1-5-7-9-31-45-41-27-23-39(24-28-41)44(40-25-29-42(30-26-40)46-32-10-8-6-2)38-21-19-37(20-22-38)43(35-15-11-33(3)12-16-35)36-17-13-34(4)14-18-36/h5-30H,1-2,31-32H2,3-4H3/b9-7+,10-8+. The van der Waals surface area contributed by atoms with Crippen LogP contribution in [0, 0.1) is 13.8 Å². The number of allylic oxidation sites excluding steroid dienone is 4. The number of anilines is 6. The molecule has 0 saturated carbocycles. The lowest BCUT2D eigenvalue weighted by molar-refractivity contribution is 0.363. The lowest BCUT2D eigenvalue weighted by Gasteiger charge is -2.28. The minimum Gasteiger partial charge on any atom is -0.490 e. The molecular formula is C42H40N2O2. The number of ether oxygens (including phenoxy) is 2. The molecule has 0 saturated heterocycles. The quantitative estimate of drug-likeness (QED) is 0.118. The highest BCUT2D eigenvalue weighted by Crippen LogP contribution is 2.39. The van der Waals surface area contributed by atoms with Gasteiger partial charge in [-0.15, -0.1) is 0 Å². The van der Waals surface area contributed by atoms with Crippen molar-refractivity contribution in [2.45, 2.75) is 13.8 Å². The molecule has 0 atom stereocenters. The summed E-state index contributed by atoms with van der Waals surface area (Å²) in [5.74, 6) is 1.60. The first-order valence-electron chi connectivity index (χ1n) is 15.4. The van der Waals surface area contributed by atoms with Gasteiger partial charge in [0.15, 0.2) is 0 Å². The molecule has 0 heterocycles. The van der Waals surface area contributed by atoms with Crippen LogP contribution in [0.4, 0.5) is 34.1 Å². The molecule has 0 aliphatic heterocycles. The largest absolute Gasteiger partial charge is 0.490 e. The summed E-state index contributed by atoms with van der Waals surface area (Å²) in [5.41, 5.74) is 8.80. The monoisotopic (exact) mass is 604 g/mol. The summed E-state index contributed by atoms with van der Waals surface area (Å²) in [6, 6.07) is 42.3. The van der Waals surface area contributed by atoms with Crippen LogP contribution in [0.5, 0.6) is 11.5 Å². The Morgan fingerprint density at radius 3 is 0.978 bits per heavy atom. The van der Waals surface area contributed by atoms with Crippen LogP contribution in [0.15, 0.2) is 171 Å². The molecule has 0 bridgehead atoms. The summed E-state index contributed by atoms with van der Waals surface area (Å²) in [5, 5.41) is 0. The minimum absolute atomic E-state index is 0.485. The van der Waals surface area contributed by atoms with Crippen molar-refractivity contribution >= 4 is 34.1 Å². The molecule has 0 fully saturated rings. The summed E-state index contributed by atoms with van der Waals surface area (Å²) in [7, 11) is 0. The second kappa shape index (κ2) is 15.8. The van der Waals surface area contributed by atoms with Gasteiger partial charge in [0.05, 0.1) is 0 Å². The Bertz CT molecular complexity index is 1640. The van der Waals surface area contributed by atoms with Crippen molar-refractivity contribution in [1.82, 2.24) is 0 Å². The highest BCUT2D eigenvalue weighted by Gasteiger charge is 2.16. The van der Waals surface area contributed by atoms with Gasteiger partial charge >= 0.3 is 0 Å². The molecule has 0 amide bonds. The van der Waals surface area contributed by atoms with Crippen LogP contribution in [0.2, 0.25) is 0 Å². The molecule has 0 spiro atoms. The molecule has 5 aromatic rings. The van der Waals surface area contributed by atoms with E-state index in [0.29, 0.717) is 13.2 Å². The van der Waals surface area contributed by atoms with Gasteiger partial charge < -0.3 is 19.3 Å². The van der Waals surface area contributed by atoms with Gasteiger partial charge in [-0.2, -0.15) is 0 Å². The van der Waals surface area contributed by atoms with Crippen LogP contribution in [-0.2, 0) is 0 Å². The van der Waals surface area contributed by atoms with E-state index in [1.807, 2.05) is 48.6 Å². The number of nitrogens with zero attached hydrogens (tertiary/aromatic N) is 2. The van der Waals surface area contributed by atoms with E-state index >= 15 is 0 Å². The average Bonchev–Trinajstić information content (AvgIpc) is 3.09. The zero-order valence-corrected chi connectivity index (χ0v) is 26.6. The fourth-order valence-electron chi connectivity index (χ4n) is 5.01. The molecule has 5 aromatic carbocycles. The fraction of sp³-hybridized carbons (Fsp3) is 0.0952. The number of rotatable bonds is 14. The molecule has 0 aliphatic rings. The smallest absolute Gasteiger partial charge is 0.119 e. The van der Waals surface area contributed by atoms with Gasteiger partial charge in [-0.05, 0) is 123 Å². The van der Waals surface area contributed by atoms with Crippen LogP contribution >= 0.6 is 0 Å². The number of hydrogen-bond acceptors (Lipinski definition) is 4. The van der Waals surface area contributed by atoms with E-state index < -0.39 is 0 Å². The van der Waals surface area contributed by atoms with Gasteiger partial charge in [0.2, 0.25) is 0 Å². The molecule has 0 N–H and O–H groups in total. The van der Waals surface area contributed by atoms with Gasteiger partial charge in [0, 0.05) is 34.1 Å².